The average Bonchev–Trinajstić information content (AvgIpc) is 2.84. The van der Waals surface area contributed by atoms with Crippen molar-refractivity contribution >= 4 is 11.7 Å². The highest BCUT2D eigenvalue weighted by Gasteiger charge is 2.61. The van der Waals surface area contributed by atoms with Gasteiger partial charge in [0.25, 0.3) is 5.91 Å². The first kappa shape index (κ1) is 19.9. The number of hydrogen-bond donors (Lipinski definition) is 0. The minimum atomic E-state index is -0.972. The first-order valence-corrected chi connectivity index (χ1v) is 9.22. The summed E-state index contributed by atoms with van der Waals surface area (Å²) in [7, 11) is 3.10. The zero-order chi connectivity index (χ0) is 19.8. The van der Waals surface area contributed by atoms with E-state index in [2.05, 4.69) is 0 Å². The zero-order valence-corrected chi connectivity index (χ0v) is 16.7. The Bertz CT molecular complexity index is 740. The molecule has 2 heterocycles. The largest absolute Gasteiger partial charge is 0.356 e. The predicted molar refractivity (Wildman–Crippen MR) is 98.8 cm³/mol. The first-order valence-electron chi connectivity index (χ1n) is 9.22. The van der Waals surface area contributed by atoms with Crippen LogP contribution in [0.25, 0.3) is 0 Å². The lowest BCUT2D eigenvalue weighted by atomic mass is 9.79. The second-order valence-corrected chi connectivity index (χ2v) is 7.40. The van der Waals surface area contributed by atoms with Gasteiger partial charge in [-0.3, -0.25) is 9.59 Å². The molecule has 1 unspecified atom stereocenters. The third-order valence-corrected chi connectivity index (χ3v) is 5.86. The van der Waals surface area contributed by atoms with E-state index in [4.69, 9.17) is 14.4 Å². The van der Waals surface area contributed by atoms with Crippen molar-refractivity contribution in [2.45, 2.75) is 45.1 Å². The fourth-order valence-electron chi connectivity index (χ4n) is 4.16. The molecule has 0 radical (unpaired) electrons. The third-order valence-electron chi connectivity index (χ3n) is 5.86. The summed E-state index contributed by atoms with van der Waals surface area (Å²) in [6.45, 7) is 7.01. The number of ether oxygens (including phenoxy) is 1. The van der Waals surface area contributed by atoms with Gasteiger partial charge >= 0.3 is 0 Å². The smallest absolute Gasteiger partial charge is 0.262 e. The molecule has 7 heteroatoms. The van der Waals surface area contributed by atoms with Gasteiger partial charge in [0.15, 0.2) is 12.6 Å². The highest BCUT2D eigenvalue weighted by Crippen LogP contribution is 2.44. The molecule has 0 aromatic heterocycles. The molecule has 1 atom stereocenters. The maximum absolute atomic E-state index is 13.6. The topological polar surface area (TPSA) is 68.3 Å². The molecule has 27 heavy (non-hydrogen) atoms. The second-order valence-electron chi connectivity index (χ2n) is 7.40. The summed E-state index contributed by atoms with van der Waals surface area (Å²) < 4.78 is 5.00. The van der Waals surface area contributed by atoms with E-state index in [1.54, 1.807) is 12.2 Å². The van der Waals surface area contributed by atoms with Gasteiger partial charge in [-0.05, 0) is 55.9 Å². The zero-order valence-electron chi connectivity index (χ0n) is 16.7. The Morgan fingerprint density at radius 1 is 1.04 bits per heavy atom. The van der Waals surface area contributed by atoms with E-state index in [1.165, 1.54) is 12.2 Å². The van der Waals surface area contributed by atoms with Gasteiger partial charge in [0, 0.05) is 20.2 Å². The minimum absolute atomic E-state index is 0.0760. The lowest BCUT2D eigenvalue weighted by Gasteiger charge is -2.41. The molecule has 2 saturated heterocycles. The highest BCUT2D eigenvalue weighted by molar-refractivity contribution is 6.17. The Morgan fingerprint density at radius 2 is 1.67 bits per heavy atom. The molecule has 1 aromatic rings. The fraction of sp³-hybridized carbons (Fsp3) is 0.600. The van der Waals surface area contributed by atoms with E-state index in [1.807, 2.05) is 32.9 Å². The molecule has 148 valence electrons. The lowest BCUT2D eigenvalue weighted by Crippen LogP contribution is -2.56. The van der Waals surface area contributed by atoms with Gasteiger partial charge in [0.2, 0.25) is 0 Å². The maximum atomic E-state index is 13.6. The number of rotatable bonds is 5. The van der Waals surface area contributed by atoms with E-state index in [0.29, 0.717) is 25.9 Å². The van der Waals surface area contributed by atoms with Crippen LogP contribution in [0.3, 0.4) is 0 Å². The van der Waals surface area contributed by atoms with E-state index in [0.717, 1.165) is 22.3 Å². The number of aryl methyl sites for hydroxylation is 3. The number of amides is 1. The van der Waals surface area contributed by atoms with E-state index >= 15 is 0 Å². The van der Waals surface area contributed by atoms with Crippen molar-refractivity contribution < 1.29 is 24.0 Å². The second kappa shape index (κ2) is 7.67. The van der Waals surface area contributed by atoms with Gasteiger partial charge in [0.05, 0.1) is 7.11 Å². The minimum Gasteiger partial charge on any atom is -0.356 e. The Balaban J connectivity index is 2.01. The number of ketones is 1. The number of hydrogen-bond acceptors (Lipinski definition) is 6. The van der Waals surface area contributed by atoms with Gasteiger partial charge in [-0.25, -0.2) is 9.90 Å². The van der Waals surface area contributed by atoms with Crippen molar-refractivity contribution in [1.82, 2.24) is 10.1 Å². The number of nitrogens with zero attached hydrogens (tertiary/aromatic N) is 2. The summed E-state index contributed by atoms with van der Waals surface area (Å²) >= 11 is 0. The van der Waals surface area contributed by atoms with E-state index in [-0.39, 0.29) is 18.5 Å². The van der Waals surface area contributed by atoms with Crippen molar-refractivity contribution in [3.63, 3.8) is 0 Å². The Labute approximate surface area is 160 Å². The molecule has 1 spiro atoms. The molecule has 1 aromatic carbocycles. The molecular weight excluding hydrogens is 348 g/mol. The summed E-state index contributed by atoms with van der Waals surface area (Å²) in [5.74, 6) is -1.24. The summed E-state index contributed by atoms with van der Waals surface area (Å²) in [5.41, 5.74) is 2.95. The van der Waals surface area contributed by atoms with Crippen LogP contribution < -0.4 is 0 Å². The number of methoxy groups -OCH3 is 1. The Kier molecular flexibility index (Phi) is 5.67. The number of hydroxylamine groups is 4. The summed E-state index contributed by atoms with van der Waals surface area (Å²) in [6.07, 6.45) is 0.936. The van der Waals surface area contributed by atoms with E-state index in [9.17, 15) is 9.59 Å². The number of Topliss-reactive ketones (excluding diaryl/α,β-unsaturated/α-hetero) is 1. The molecule has 0 aliphatic carbocycles. The predicted octanol–water partition coefficient (Wildman–Crippen LogP) is 2.04. The first-order chi connectivity index (χ1) is 12.9. The molecule has 3 rings (SSSR count). The molecule has 2 aliphatic rings. The molecule has 2 fully saturated rings. The molecule has 2 aliphatic heterocycles. The van der Waals surface area contributed by atoms with Crippen LogP contribution in [-0.2, 0) is 24.0 Å². The van der Waals surface area contributed by atoms with Crippen molar-refractivity contribution in [2.24, 2.45) is 0 Å². The van der Waals surface area contributed by atoms with Crippen LogP contribution in [0.1, 0.15) is 41.0 Å². The van der Waals surface area contributed by atoms with Crippen LogP contribution in [-0.4, -0.2) is 61.5 Å². The van der Waals surface area contributed by atoms with Gasteiger partial charge < -0.3 is 9.57 Å². The molecule has 0 N–H and O–H groups in total. The van der Waals surface area contributed by atoms with Gasteiger partial charge in [-0.15, -0.1) is 0 Å². The monoisotopic (exact) mass is 376 g/mol. The highest BCUT2D eigenvalue weighted by atomic mass is 16.8. The maximum Gasteiger partial charge on any atom is 0.262 e. The van der Waals surface area contributed by atoms with Crippen molar-refractivity contribution in [3.8, 4) is 0 Å². The molecule has 0 bridgehead atoms. The normalized spacial score (nSPS) is 22.9. The molecule has 1 amide bonds. The fourth-order valence-corrected chi connectivity index (χ4v) is 4.16. The van der Waals surface area contributed by atoms with Gasteiger partial charge in [-0.2, -0.15) is 5.06 Å². The lowest BCUT2D eigenvalue weighted by molar-refractivity contribution is -0.256. The summed E-state index contributed by atoms with van der Waals surface area (Å²) in [4.78, 5) is 37.8. The van der Waals surface area contributed by atoms with Gasteiger partial charge in [0.1, 0.15) is 11.5 Å². The Morgan fingerprint density at radius 3 is 2.26 bits per heavy atom. The summed E-state index contributed by atoms with van der Waals surface area (Å²) in [5, 5.41) is 3.08. The van der Waals surface area contributed by atoms with Crippen LogP contribution in [0.2, 0.25) is 0 Å². The van der Waals surface area contributed by atoms with Crippen molar-refractivity contribution in [3.05, 3.63) is 34.4 Å². The van der Waals surface area contributed by atoms with Crippen molar-refractivity contribution in [2.75, 3.05) is 34.1 Å². The van der Waals surface area contributed by atoms with Crippen molar-refractivity contribution in [1.29, 1.82) is 0 Å². The number of carbonyl (C=O) groups is 2. The number of carbonyl (C=O) groups excluding carboxylic acids is 2. The van der Waals surface area contributed by atoms with Crippen LogP contribution in [0.5, 0.6) is 0 Å². The quantitative estimate of drug-likeness (QED) is 0.579. The third kappa shape index (κ3) is 3.29. The standard InChI is InChI=1S/C20H28N2O5/c1-13-10-15(3)16(11-14(13)2)17-18(23)20(6-8-21(26-5)9-7-20)22(19(17)24)27-12-25-4/h10-11,17H,6-9,12H2,1-5H3. The molecular formula is C20H28N2O5. The average molecular weight is 376 g/mol. The molecule has 0 saturated carbocycles. The number of benzene rings is 1. The molecule has 7 nitrogen and oxygen atoms in total. The van der Waals surface area contributed by atoms with Crippen LogP contribution in [0.15, 0.2) is 12.1 Å². The number of piperidine rings is 1. The van der Waals surface area contributed by atoms with Crippen LogP contribution >= 0.6 is 0 Å². The van der Waals surface area contributed by atoms with Crippen LogP contribution in [0, 0.1) is 20.8 Å². The van der Waals surface area contributed by atoms with Crippen LogP contribution in [0.4, 0.5) is 0 Å². The van der Waals surface area contributed by atoms with E-state index < -0.39 is 11.5 Å². The SMILES string of the molecule is COCON1C(=O)C(c2cc(C)c(C)cc2C)C(=O)C12CCN(OC)CC2. The van der Waals surface area contributed by atoms with Gasteiger partial charge in [-0.1, -0.05) is 12.1 Å². The Hall–Kier alpha value is -1.80. The summed E-state index contributed by atoms with van der Waals surface area (Å²) in [6, 6.07) is 3.99.